The number of rotatable bonds is 40. The maximum Gasteiger partial charge on any atom is 0.220 e. The van der Waals surface area contributed by atoms with Gasteiger partial charge in [0.25, 0.3) is 0 Å². The Kier molecular flexibility index (Phi) is 39.7. The molecule has 1 saturated heterocycles. The summed E-state index contributed by atoms with van der Waals surface area (Å²) in [6.07, 6.45) is 54.2. The monoisotopic (exact) mass is 882 g/mol. The van der Waals surface area contributed by atoms with Gasteiger partial charge < -0.3 is 40.3 Å². The number of unbranched alkanes of at least 4 members (excludes halogenated alkanes) is 14. The van der Waals surface area contributed by atoms with E-state index in [1.165, 1.54) is 51.4 Å². The molecule has 1 rings (SSSR count). The smallest absolute Gasteiger partial charge is 0.220 e. The van der Waals surface area contributed by atoms with Crippen LogP contribution >= 0.6 is 0 Å². The maximum absolute atomic E-state index is 13.0. The Hall–Kier alpha value is -2.89. The zero-order valence-electron chi connectivity index (χ0n) is 39.5. The van der Waals surface area contributed by atoms with Gasteiger partial charge in [-0.05, 0) is 77.0 Å². The molecule has 1 aliphatic heterocycles. The molecular formula is C54H91NO8. The highest BCUT2D eigenvalue weighted by atomic mass is 16.7. The summed E-state index contributed by atoms with van der Waals surface area (Å²) in [6.45, 7) is 3.67. The summed E-state index contributed by atoms with van der Waals surface area (Å²) in [4.78, 5) is 13.0. The minimum Gasteiger partial charge on any atom is -0.394 e. The Balaban J connectivity index is 2.27. The van der Waals surface area contributed by atoms with Crippen molar-refractivity contribution in [3.05, 3.63) is 97.2 Å². The van der Waals surface area contributed by atoms with Gasteiger partial charge in [0, 0.05) is 6.42 Å². The summed E-state index contributed by atoms with van der Waals surface area (Å²) < 4.78 is 11.2. The lowest BCUT2D eigenvalue weighted by atomic mass is 9.99. The van der Waals surface area contributed by atoms with Crippen molar-refractivity contribution < 1.29 is 39.8 Å². The van der Waals surface area contributed by atoms with Crippen LogP contribution in [0.2, 0.25) is 0 Å². The second-order valence-electron chi connectivity index (χ2n) is 16.9. The minimum absolute atomic E-state index is 0.155. The number of aliphatic hydroxyl groups excluding tert-OH is 5. The SMILES string of the molecule is CC/C=C\C/C=C\C/C=C\C/C=C\C/C=C\C/C=C\C/C=C\C/C=C\CCCCCCC(=O)NC(COC1OC(CO)C(O)C(O)C1O)C(O)CCCCCCCCCCCCC. The average molecular weight is 882 g/mol. The van der Waals surface area contributed by atoms with Crippen molar-refractivity contribution in [2.24, 2.45) is 0 Å². The quantitative estimate of drug-likeness (QED) is 0.0263. The summed E-state index contributed by atoms with van der Waals surface area (Å²) in [7, 11) is 0. The van der Waals surface area contributed by atoms with Crippen LogP contribution in [0.4, 0.5) is 0 Å². The highest BCUT2D eigenvalue weighted by Gasteiger charge is 2.44. The Morgan fingerprint density at radius 2 is 0.984 bits per heavy atom. The van der Waals surface area contributed by atoms with E-state index in [1.54, 1.807) is 0 Å². The van der Waals surface area contributed by atoms with Gasteiger partial charge in [-0.15, -0.1) is 0 Å². The molecule has 1 fully saturated rings. The van der Waals surface area contributed by atoms with Crippen LogP contribution in [0.25, 0.3) is 0 Å². The lowest BCUT2D eigenvalue weighted by Crippen LogP contribution is -2.60. The summed E-state index contributed by atoms with van der Waals surface area (Å²) >= 11 is 0. The van der Waals surface area contributed by atoms with Crippen LogP contribution < -0.4 is 5.32 Å². The van der Waals surface area contributed by atoms with Crippen LogP contribution in [0, 0.1) is 0 Å². The van der Waals surface area contributed by atoms with Crippen molar-refractivity contribution in [2.45, 2.75) is 224 Å². The van der Waals surface area contributed by atoms with Crippen LogP contribution in [0.3, 0.4) is 0 Å². The van der Waals surface area contributed by atoms with E-state index in [-0.39, 0.29) is 12.5 Å². The van der Waals surface area contributed by atoms with Gasteiger partial charge in [-0.1, -0.05) is 195 Å². The molecule has 0 aromatic rings. The normalized spacial score (nSPS) is 21.0. The number of amides is 1. The third-order valence-electron chi connectivity index (χ3n) is 11.2. The van der Waals surface area contributed by atoms with Crippen LogP contribution in [0.1, 0.15) is 181 Å². The molecule has 0 spiro atoms. The summed E-state index contributed by atoms with van der Waals surface area (Å²) in [6, 6.07) is -0.738. The van der Waals surface area contributed by atoms with Gasteiger partial charge in [0.1, 0.15) is 24.4 Å². The first-order valence-corrected chi connectivity index (χ1v) is 24.9. The highest BCUT2D eigenvalue weighted by Crippen LogP contribution is 2.23. The molecule has 0 saturated carbocycles. The number of allylic oxidation sites excluding steroid dienone is 16. The first-order chi connectivity index (χ1) is 30.8. The number of aliphatic hydroxyl groups is 5. The van der Waals surface area contributed by atoms with Gasteiger partial charge in [-0.25, -0.2) is 0 Å². The van der Waals surface area contributed by atoms with E-state index in [1.807, 2.05) is 0 Å². The topological polar surface area (TPSA) is 149 Å². The lowest BCUT2D eigenvalue weighted by Gasteiger charge is -2.40. The number of ether oxygens (including phenoxy) is 2. The van der Waals surface area contributed by atoms with Gasteiger partial charge in [-0.2, -0.15) is 0 Å². The molecule has 7 unspecified atom stereocenters. The number of carbonyl (C=O) groups excluding carboxylic acids is 1. The van der Waals surface area contributed by atoms with Gasteiger partial charge in [0.2, 0.25) is 5.91 Å². The van der Waals surface area contributed by atoms with E-state index >= 15 is 0 Å². The molecule has 0 aromatic heterocycles. The van der Waals surface area contributed by atoms with Crippen molar-refractivity contribution in [3.63, 3.8) is 0 Å². The first-order valence-electron chi connectivity index (χ1n) is 24.9. The molecule has 0 radical (unpaired) electrons. The number of carbonyl (C=O) groups is 1. The fraction of sp³-hybridized carbons (Fsp3) is 0.685. The molecule has 1 aliphatic rings. The Labute approximate surface area is 383 Å². The first kappa shape index (κ1) is 58.1. The van der Waals surface area contributed by atoms with Crippen LogP contribution in [-0.2, 0) is 14.3 Å². The Morgan fingerprint density at radius 1 is 0.556 bits per heavy atom. The summed E-state index contributed by atoms with van der Waals surface area (Å²) in [5, 5.41) is 54.3. The second-order valence-corrected chi connectivity index (χ2v) is 16.9. The Bertz CT molecular complexity index is 1300. The molecule has 1 heterocycles. The summed E-state index contributed by atoms with van der Waals surface area (Å²) in [5.74, 6) is -0.175. The van der Waals surface area contributed by atoms with Crippen LogP contribution in [-0.4, -0.2) is 87.5 Å². The van der Waals surface area contributed by atoms with Crippen molar-refractivity contribution in [2.75, 3.05) is 13.2 Å². The maximum atomic E-state index is 13.0. The van der Waals surface area contributed by atoms with Crippen molar-refractivity contribution in [1.82, 2.24) is 5.32 Å². The van der Waals surface area contributed by atoms with Crippen molar-refractivity contribution in [1.29, 1.82) is 0 Å². The molecule has 0 bridgehead atoms. The standard InChI is InChI=1S/C54H91NO8/c1-3-5-7-9-11-13-15-16-17-18-19-20-21-22-23-24-25-26-27-28-29-30-31-32-34-36-38-40-42-44-50(58)55-47(46-62-54-53(61)52(60)51(59)49(45-56)63-54)48(57)43-41-39-37-35-33-14-12-10-8-6-4-2/h5,7,11,13,16-17,19-20,22-23,25-26,28-29,31-32,47-49,51-54,56-57,59-61H,3-4,6,8-10,12,14-15,18,21,24,27,30,33-46H2,1-2H3,(H,55,58)/b7-5-,13-11-,17-16-,20-19-,23-22-,26-25-,29-28-,32-31-. The zero-order valence-corrected chi connectivity index (χ0v) is 39.5. The minimum atomic E-state index is -1.56. The number of nitrogens with one attached hydrogen (secondary N) is 1. The zero-order chi connectivity index (χ0) is 45.9. The van der Waals surface area contributed by atoms with E-state index in [0.717, 1.165) is 103 Å². The number of hydrogen-bond donors (Lipinski definition) is 6. The Morgan fingerprint density at radius 3 is 1.46 bits per heavy atom. The fourth-order valence-electron chi connectivity index (χ4n) is 7.23. The van der Waals surface area contributed by atoms with Crippen LogP contribution in [0.5, 0.6) is 0 Å². The van der Waals surface area contributed by atoms with E-state index in [4.69, 9.17) is 9.47 Å². The molecule has 7 atom stereocenters. The highest BCUT2D eigenvalue weighted by molar-refractivity contribution is 5.76. The van der Waals surface area contributed by atoms with Gasteiger partial charge in [-0.3, -0.25) is 4.79 Å². The molecule has 9 heteroatoms. The molecular weight excluding hydrogens is 791 g/mol. The summed E-state index contributed by atoms with van der Waals surface area (Å²) in [5.41, 5.74) is 0. The van der Waals surface area contributed by atoms with Gasteiger partial charge in [0.05, 0.1) is 25.4 Å². The molecule has 63 heavy (non-hydrogen) atoms. The second kappa shape index (κ2) is 43.0. The number of hydrogen-bond acceptors (Lipinski definition) is 8. The van der Waals surface area contributed by atoms with Crippen molar-refractivity contribution >= 4 is 5.91 Å². The van der Waals surface area contributed by atoms with Gasteiger partial charge in [0.15, 0.2) is 6.29 Å². The van der Waals surface area contributed by atoms with E-state index < -0.39 is 49.5 Å². The molecule has 9 nitrogen and oxygen atoms in total. The van der Waals surface area contributed by atoms with Gasteiger partial charge >= 0.3 is 0 Å². The predicted molar refractivity (Wildman–Crippen MR) is 262 cm³/mol. The average Bonchev–Trinajstić information content (AvgIpc) is 3.28. The molecule has 0 aliphatic carbocycles. The molecule has 6 N–H and O–H groups in total. The van der Waals surface area contributed by atoms with Crippen molar-refractivity contribution in [3.8, 4) is 0 Å². The third-order valence-corrected chi connectivity index (χ3v) is 11.2. The largest absolute Gasteiger partial charge is 0.394 e. The molecule has 360 valence electrons. The van der Waals surface area contributed by atoms with E-state index in [0.29, 0.717) is 12.8 Å². The van der Waals surface area contributed by atoms with E-state index in [2.05, 4.69) is 116 Å². The molecule has 1 amide bonds. The van der Waals surface area contributed by atoms with Crippen LogP contribution in [0.15, 0.2) is 97.2 Å². The fourth-order valence-corrected chi connectivity index (χ4v) is 7.23. The molecule has 0 aromatic carbocycles. The lowest BCUT2D eigenvalue weighted by molar-refractivity contribution is -0.302. The predicted octanol–water partition coefficient (Wildman–Crippen LogP) is 11.3. The van der Waals surface area contributed by atoms with E-state index in [9.17, 15) is 30.3 Å². The third kappa shape index (κ3) is 33.3.